The van der Waals surface area contributed by atoms with Gasteiger partial charge in [-0.1, -0.05) is 6.07 Å². The lowest BCUT2D eigenvalue weighted by Gasteiger charge is -2.12. The molecule has 0 unspecified atom stereocenters. The zero-order valence-electron chi connectivity index (χ0n) is 9.07. The summed E-state index contributed by atoms with van der Waals surface area (Å²) in [7, 11) is -3.91. The minimum Gasteiger partial charge on any atom is -0.395 e. The Balaban J connectivity index is 3.12. The summed E-state index contributed by atoms with van der Waals surface area (Å²) in [4.78, 5) is -0.396. The van der Waals surface area contributed by atoms with Gasteiger partial charge < -0.3 is 5.11 Å². The van der Waals surface area contributed by atoms with Crippen molar-refractivity contribution in [3.05, 3.63) is 29.6 Å². The molecule has 16 heavy (non-hydrogen) atoms. The first-order valence-electron chi connectivity index (χ1n) is 4.76. The molecule has 0 amide bonds. The molecular formula is C10H14FNO3S. The van der Waals surface area contributed by atoms with E-state index in [-0.39, 0.29) is 6.61 Å². The predicted molar refractivity (Wildman–Crippen MR) is 58.0 cm³/mol. The highest BCUT2D eigenvalue weighted by Gasteiger charge is 2.20. The number of aryl methyl sites for hydroxylation is 1. The van der Waals surface area contributed by atoms with Gasteiger partial charge in [-0.3, -0.25) is 0 Å². The van der Waals surface area contributed by atoms with Gasteiger partial charge in [0.2, 0.25) is 10.0 Å². The Labute approximate surface area is 94.2 Å². The predicted octanol–water partition coefficient (Wildman–Crippen LogP) is 0.793. The first-order valence-corrected chi connectivity index (χ1v) is 6.24. The SMILES string of the molecule is Cc1ccc(F)c(S(=O)(=O)N[C@@H](C)CO)c1. The Bertz CT molecular complexity index is 473. The van der Waals surface area contributed by atoms with Gasteiger partial charge in [0.1, 0.15) is 10.7 Å². The average molecular weight is 247 g/mol. The van der Waals surface area contributed by atoms with E-state index in [4.69, 9.17) is 5.11 Å². The van der Waals surface area contributed by atoms with E-state index in [0.29, 0.717) is 5.56 Å². The minimum atomic E-state index is -3.91. The van der Waals surface area contributed by atoms with Crippen LogP contribution in [0.15, 0.2) is 23.1 Å². The summed E-state index contributed by atoms with van der Waals surface area (Å²) in [5.41, 5.74) is 0.651. The van der Waals surface area contributed by atoms with Crippen LogP contribution in [-0.2, 0) is 10.0 Å². The second-order valence-electron chi connectivity index (χ2n) is 3.64. The van der Waals surface area contributed by atoms with Crippen LogP contribution in [0.1, 0.15) is 12.5 Å². The zero-order chi connectivity index (χ0) is 12.3. The lowest BCUT2D eigenvalue weighted by atomic mass is 10.2. The van der Waals surface area contributed by atoms with Crippen LogP contribution in [0.2, 0.25) is 0 Å². The third kappa shape index (κ3) is 3.01. The van der Waals surface area contributed by atoms with Gasteiger partial charge in [0, 0.05) is 6.04 Å². The third-order valence-electron chi connectivity index (χ3n) is 2.01. The molecule has 0 fully saturated rings. The maximum atomic E-state index is 13.3. The fourth-order valence-corrected chi connectivity index (χ4v) is 2.58. The van der Waals surface area contributed by atoms with Gasteiger partial charge in [-0.15, -0.1) is 0 Å². The molecule has 0 heterocycles. The molecule has 1 atom stereocenters. The number of benzene rings is 1. The van der Waals surface area contributed by atoms with Crippen LogP contribution in [0.25, 0.3) is 0 Å². The summed E-state index contributed by atoms with van der Waals surface area (Å²) in [6.07, 6.45) is 0. The summed E-state index contributed by atoms with van der Waals surface area (Å²) in [5, 5.41) is 8.75. The summed E-state index contributed by atoms with van der Waals surface area (Å²) in [6.45, 7) is 2.83. The standard InChI is InChI=1S/C10H14FNO3S/c1-7-3-4-9(11)10(5-7)16(14,15)12-8(2)6-13/h3-5,8,12-13H,6H2,1-2H3/t8-/m0/s1. The molecular weight excluding hydrogens is 233 g/mol. The monoisotopic (exact) mass is 247 g/mol. The van der Waals surface area contributed by atoms with Gasteiger partial charge in [-0.25, -0.2) is 17.5 Å². The molecule has 6 heteroatoms. The largest absolute Gasteiger partial charge is 0.395 e. The maximum absolute atomic E-state index is 13.3. The zero-order valence-corrected chi connectivity index (χ0v) is 9.88. The Morgan fingerprint density at radius 2 is 2.12 bits per heavy atom. The van der Waals surface area contributed by atoms with Crippen molar-refractivity contribution >= 4 is 10.0 Å². The third-order valence-corrected chi connectivity index (χ3v) is 3.61. The Kier molecular flexibility index (Phi) is 4.01. The van der Waals surface area contributed by atoms with Crippen LogP contribution >= 0.6 is 0 Å². The number of nitrogens with one attached hydrogen (secondary N) is 1. The highest BCUT2D eigenvalue weighted by Crippen LogP contribution is 2.16. The minimum absolute atomic E-state index is 0.341. The van der Waals surface area contributed by atoms with E-state index in [1.165, 1.54) is 19.1 Å². The number of hydrogen-bond acceptors (Lipinski definition) is 3. The maximum Gasteiger partial charge on any atom is 0.243 e. The fourth-order valence-electron chi connectivity index (χ4n) is 1.18. The molecule has 4 nitrogen and oxygen atoms in total. The molecule has 0 saturated heterocycles. The normalized spacial score (nSPS) is 13.8. The molecule has 0 aromatic heterocycles. The molecule has 90 valence electrons. The smallest absolute Gasteiger partial charge is 0.243 e. The van der Waals surface area contributed by atoms with E-state index in [1.807, 2.05) is 0 Å². The van der Waals surface area contributed by atoms with E-state index in [2.05, 4.69) is 4.72 Å². The number of sulfonamides is 1. The van der Waals surface area contributed by atoms with Gasteiger partial charge in [0.15, 0.2) is 0 Å². The summed E-state index contributed by atoms with van der Waals surface area (Å²) in [6, 6.07) is 3.20. The molecule has 0 spiro atoms. The second kappa shape index (κ2) is 4.90. The van der Waals surface area contributed by atoms with Crippen LogP contribution in [0.4, 0.5) is 4.39 Å². The van der Waals surface area contributed by atoms with Crippen LogP contribution in [0, 0.1) is 12.7 Å². The Hall–Kier alpha value is -0.980. The number of halogens is 1. The van der Waals surface area contributed by atoms with E-state index in [9.17, 15) is 12.8 Å². The van der Waals surface area contributed by atoms with Crippen molar-refractivity contribution in [1.29, 1.82) is 0 Å². The molecule has 0 saturated carbocycles. The van der Waals surface area contributed by atoms with Crippen molar-refractivity contribution in [3.63, 3.8) is 0 Å². The van der Waals surface area contributed by atoms with Gasteiger partial charge in [-0.2, -0.15) is 0 Å². The number of hydrogen-bond donors (Lipinski definition) is 2. The molecule has 0 aliphatic carbocycles. The number of rotatable bonds is 4. The molecule has 0 radical (unpaired) electrons. The van der Waals surface area contributed by atoms with Crippen molar-refractivity contribution in [3.8, 4) is 0 Å². The lowest BCUT2D eigenvalue weighted by Crippen LogP contribution is -2.35. The molecule has 0 bridgehead atoms. The first-order chi connectivity index (χ1) is 7.36. The quantitative estimate of drug-likeness (QED) is 0.826. The summed E-state index contributed by atoms with van der Waals surface area (Å²) < 4.78 is 38.9. The van der Waals surface area contributed by atoms with E-state index < -0.39 is 26.8 Å². The van der Waals surface area contributed by atoms with Crippen molar-refractivity contribution in [2.24, 2.45) is 0 Å². The number of aliphatic hydroxyl groups is 1. The topological polar surface area (TPSA) is 66.4 Å². The summed E-state index contributed by atoms with van der Waals surface area (Å²) in [5.74, 6) is -0.803. The summed E-state index contributed by atoms with van der Waals surface area (Å²) >= 11 is 0. The van der Waals surface area contributed by atoms with E-state index >= 15 is 0 Å². The molecule has 1 rings (SSSR count). The van der Waals surface area contributed by atoms with E-state index in [0.717, 1.165) is 6.07 Å². The van der Waals surface area contributed by atoms with Gasteiger partial charge in [0.25, 0.3) is 0 Å². The molecule has 0 aliphatic rings. The Morgan fingerprint density at radius 1 is 1.50 bits per heavy atom. The van der Waals surface area contributed by atoms with Crippen LogP contribution in [0.5, 0.6) is 0 Å². The molecule has 1 aromatic carbocycles. The highest BCUT2D eigenvalue weighted by molar-refractivity contribution is 7.89. The van der Waals surface area contributed by atoms with Crippen LogP contribution in [-0.4, -0.2) is 26.2 Å². The second-order valence-corrected chi connectivity index (χ2v) is 5.32. The van der Waals surface area contributed by atoms with Gasteiger partial charge >= 0.3 is 0 Å². The molecule has 2 N–H and O–H groups in total. The van der Waals surface area contributed by atoms with Crippen molar-refractivity contribution in [2.75, 3.05) is 6.61 Å². The highest BCUT2D eigenvalue weighted by atomic mass is 32.2. The molecule has 1 aromatic rings. The van der Waals surface area contributed by atoms with Gasteiger partial charge in [-0.05, 0) is 31.5 Å². The average Bonchev–Trinajstić information content (AvgIpc) is 2.20. The van der Waals surface area contributed by atoms with Crippen molar-refractivity contribution < 1.29 is 17.9 Å². The molecule has 0 aliphatic heterocycles. The first kappa shape index (κ1) is 13.1. The van der Waals surface area contributed by atoms with Crippen molar-refractivity contribution in [1.82, 2.24) is 4.72 Å². The van der Waals surface area contributed by atoms with Crippen LogP contribution in [0.3, 0.4) is 0 Å². The van der Waals surface area contributed by atoms with Gasteiger partial charge in [0.05, 0.1) is 6.61 Å². The Morgan fingerprint density at radius 3 is 2.69 bits per heavy atom. The van der Waals surface area contributed by atoms with E-state index in [1.54, 1.807) is 6.92 Å². The van der Waals surface area contributed by atoms with Crippen molar-refractivity contribution in [2.45, 2.75) is 24.8 Å². The van der Waals surface area contributed by atoms with Crippen LogP contribution < -0.4 is 4.72 Å². The fraction of sp³-hybridized carbons (Fsp3) is 0.400. The number of aliphatic hydroxyl groups excluding tert-OH is 1. The lowest BCUT2D eigenvalue weighted by molar-refractivity contribution is 0.265.